The van der Waals surface area contributed by atoms with E-state index in [1.54, 1.807) is 7.05 Å². The number of carbonyl (C=O) groups is 2. The van der Waals surface area contributed by atoms with Crippen LogP contribution in [0.5, 0.6) is 0 Å². The Morgan fingerprint density at radius 1 is 1.14 bits per heavy atom. The summed E-state index contributed by atoms with van der Waals surface area (Å²) < 4.78 is 1.48. The molecule has 1 aromatic heterocycles. The molecule has 1 heterocycles. The SMILES string of the molecule is Cc1ccc2nc(SCCC(=O)NC(=O)NCc3ccccc3)n(C)c(=O)c2c1. The molecule has 0 bridgehead atoms. The van der Waals surface area contributed by atoms with Gasteiger partial charge in [-0.1, -0.05) is 53.7 Å². The lowest BCUT2D eigenvalue weighted by Crippen LogP contribution is -2.39. The molecule has 3 amide bonds. The fourth-order valence-electron chi connectivity index (χ4n) is 2.74. The van der Waals surface area contributed by atoms with Gasteiger partial charge >= 0.3 is 6.03 Å². The molecular formula is C21H22N4O3S. The molecule has 2 N–H and O–H groups in total. The Balaban J connectivity index is 1.51. The van der Waals surface area contributed by atoms with Crippen LogP contribution in [0.15, 0.2) is 58.5 Å². The lowest BCUT2D eigenvalue weighted by atomic mass is 10.2. The van der Waals surface area contributed by atoms with E-state index in [-0.39, 0.29) is 17.9 Å². The molecule has 0 fully saturated rings. The van der Waals surface area contributed by atoms with Crippen molar-refractivity contribution < 1.29 is 9.59 Å². The molecule has 0 radical (unpaired) electrons. The van der Waals surface area contributed by atoms with E-state index in [2.05, 4.69) is 15.6 Å². The van der Waals surface area contributed by atoms with E-state index in [0.29, 0.717) is 28.4 Å². The van der Waals surface area contributed by atoms with Crippen molar-refractivity contribution in [3.8, 4) is 0 Å². The molecule has 8 heteroatoms. The van der Waals surface area contributed by atoms with E-state index in [9.17, 15) is 14.4 Å². The number of carbonyl (C=O) groups excluding carboxylic acids is 2. The Kier molecular flexibility index (Phi) is 6.66. The largest absolute Gasteiger partial charge is 0.334 e. The van der Waals surface area contributed by atoms with Gasteiger partial charge in [0.1, 0.15) is 0 Å². The van der Waals surface area contributed by atoms with Gasteiger partial charge in [0.05, 0.1) is 10.9 Å². The summed E-state index contributed by atoms with van der Waals surface area (Å²) in [4.78, 5) is 40.8. The number of nitrogens with one attached hydrogen (secondary N) is 2. The summed E-state index contributed by atoms with van der Waals surface area (Å²) in [6, 6.07) is 14.5. The number of rotatable bonds is 6. The third-order valence-electron chi connectivity index (χ3n) is 4.30. The van der Waals surface area contributed by atoms with Crippen LogP contribution in [-0.2, 0) is 18.4 Å². The minimum Gasteiger partial charge on any atom is -0.334 e. The fourth-order valence-corrected chi connectivity index (χ4v) is 3.65. The molecule has 0 saturated heterocycles. The smallest absolute Gasteiger partial charge is 0.321 e. The molecule has 0 saturated carbocycles. The molecule has 0 aliphatic rings. The molecule has 0 atom stereocenters. The van der Waals surface area contributed by atoms with Crippen molar-refractivity contribution in [1.29, 1.82) is 0 Å². The van der Waals surface area contributed by atoms with Gasteiger partial charge in [0.2, 0.25) is 5.91 Å². The first-order valence-corrected chi connectivity index (χ1v) is 10.1. The second-order valence-corrected chi connectivity index (χ2v) is 7.66. The van der Waals surface area contributed by atoms with E-state index in [1.165, 1.54) is 16.3 Å². The summed E-state index contributed by atoms with van der Waals surface area (Å²) in [6.07, 6.45) is 0.130. The number of hydrogen-bond donors (Lipinski definition) is 2. The summed E-state index contributed by atoms with van der Waals surface area (Å²) in [5, 5.41) is 6.06. The molecule has 3 aromatic rings. The maximum absolute atomic E-state index is 12.5. The van der Waals surface area contributed by atoms with Crippen LogP contribution in [0.2, 0.25) is 0 Å². The van der Waals surface area contributed by atoms with Crippen LogP contribution < -0.4 is 16.2 Å². The number of imide groups is 1. The van der Waals surface area contributed by atoms with E-state index in [4.69, 9.17) is 0 Å². The van der Waals surface area contributed by atoms with Gasteiger partial charge in [-0.2, -0.15) is 0 Å². The number of aromatic nitrogens is 2. The highest BCUT2D eigenvalue weighted by Gasteiger charge is 2.11. The van der Waals surface area contributed by atoms with Crippen LogP contribution in [0.3, 0.4) is 0 Å². The highest BCUT2D eigenvalue weighted by atomic mass is 32.2. The third-order valence-corrected chi connectivity index (χ3v) is 5.33. The Morgan fingerprint density at radius 3 is 2.66 bits per heavy atom. The van der Waals surface area contributed by atoms with Gasteiger partial charge in [-0.05, 0) is 24.6 Å². The average Bonchev–Trinajstić information content (AvgIpc) is 2.71. The average molecular weight is 410 g/mol. The number of nitrogens with zero attached hydrogens (tertiary/aromatic N) is 2. The van der Waals surface area contributed by atoms with Crippen molar-refractivity contribution in [1.82, 2.24) is 20.2 Å². The van der Waals surface area contributed by atoms with Crippen LogP contribution >= 0.6 is 11.8 Å². The van der Waals surface area contributed by atoms with Crippen molar-refractivity contribution in [2.75, 3.05) is 5.75 Å². The minimum atomic E-state index is -0.532. The van der Waals surface area contributed by atoms with E-state index < -0.39 is 6.03 Å². The topological polar surface area (TPSA) is 93.1 Å². The molecule has 3 rings (SSSR count). The molecule has 0 unspecified atom stereocenters. The van der Waals surface area contributed by atoms with Crippen molar-refractivity contribution in [3.05, 3.63) is 70.0 Å². The van der Waals surface area contributed by atoms with Crippen LogP contribution in [-0.4, -0.2) is 27.2 Å². The number of urea groups is 1. The van der Waals surface area contributed by atoms with Crippen molar-refractivity contribution in [3.63, 3.8) is 0 Å². The second kappa shape index (κ2) is 9.38. The normalized spacial score (nSPS) is 10.7. The summed E-state index contributed by atoms with van der Waals surface area (Å²) in [6.45, 7) is 2.27. The van der Waals surface area contributed by atoms with Gasteiger partial charge in [0.25, 0.3) is 5.56 Å². The van der Waals surface area contributed by atoms with Crippen LogP contribution in [0.4, 0.5) is 4.79 Å². The zero-order valence-electron chi connectivity index (χ0n) is 16.3. The highest BCUT2D eigenvalue weighted by molar-refractivity contribution is 7.99. The van der Waals surface area contributed by atoms with Crippen LogP contribution in [0.25, 0.3) is 10.9 Å². The summed E-state index contributed by atoms with van der Waals surface area (Å²) in [7, 11) is 1.66. The number of aryl methyl sites for hydroxylation is 1. The predicted molar refractivity (Wildman–Crippen MR) is 114 cm³/mol. The van der Waals surface area contributed by atoms with Crippen molar-refractivity contribution >= 4 is 34.6 Å². The van der Waals surface area contributed by atoms with E-state index in [1.807, 2.05) is 55.5 Å². The summed E-state index contributed by atoms with van der Waals surface area (Å²) in [5.74, 6) is 0.0135. The number of fused-ring (bicyclic) bond motifs is 1. The maximum Gasteiger partial charge on any atom is 0.321 e. The molecule has 2 aromatic carbocycles. The number of hydrogen-bond acceptors (Lipinski definition) is 5. The molecule has 150 valence electrons. The molecule has 7 nitrogen and oxygen atoms in total. The van der Waals surface area contributed by atoms with Gasteiger partial charge in [-0.3, -0.25) is 19.5 Å². The first-order valence-electron chi connectivity index (χ1n) is 9.16. The molecular weight excluding hydrogens is 388 g/mol. The Labute approximate surface area is 172 Å². The molecule has 0 aliphatic heterocycles. The second-order valence-electron chi connectivity index (χ2n) is 6.59. The van der Waals surface area contributed by atoms with Gasteiger partial charge in [0.15, 0.2) is 5.16 Å². The van der Waals surface area contributed by atoms with E-state index in [0.717, 1.165) is 11.1 Å². The highest BCUT2D eigenvalue weighted by Crippen LogP contribution is 2.18. The lowest BCUT2D eigenvalue weighted by molar-refractivity contribution is -0.119. The number of amides is 3. The Hall–Kier alpha value is -3.13. The summed E-state index contributed by atoms with van der Waals surface area (Å²) in [5.41, 5.74) is 2.46. The zero-order valence-corrected chi connectivity index (χ0v) is 17.1. The Morgan fingerprint density at radius 2 is 1.90 bits per heavy atom. The van der Waals surface area contributed by atoms with Crippen molar-refractivity contribution in [2.24, 2.45) is 7.05 Å². The zero-order chi connectivity index (χ0) is 20.8. The quantitative estimate of drug-likeness (QED) is 0.481. The Bertz CT molecular complexity index is 1100. The predicted octanol–water partition coefficient (Wildman–Crippen LogP) is 2.75. The molecule has 0 aliphatic carbocycles. The minimum absolute atomic E-state index is 0.119. The maximum atomic E-state index is 12.5. The third kappa shape index (κ3) is 5.45. The number of thioether (sulfide) groups is 1. The standard InChI is InChI=1S/C21H22N4O3S/c1-14-8-9-17-16(12-14)19(27)25(2)21(23-17)29-11-10-18(26)24-20(28)22-13-15-6-4-3-5-7-15/h3-9,12H,10-11,13H2,1-2H3,(H2,22,24,26,28). The molecule has 29 heavy (non-hydrogen) atoms. The molecule has 0 spiro atoms. The first kappa shape index (κ1) is 20.6. The van der Waals surface area contributed by atoms with Crippen LogP contribution in [0, 0.1) is 6.92 Å². The van der Waals surface area contributed by atoms with Gasteiger partial charge in [-0.25, -0.2) is 9.78 Å². The van der Waals surface area contributed by atoms with Gasteiger partial charge in [-0.15, -0.1) is 0 Å². The first-order chi connectivity index (χ1) is 13.9. The lowest BCUT2D eigenvalue weighted by Gasteiger charge is -2.09. The summed E-state index contributed by atoms with van der Waals surface area (Å²) >= 11 is 1.31. The van der Waals surface area contributed by atoms with Crippen LogP contribution in [0.1, 0.15) is 17.5 Å². The monoisotopic (exact) mass is 410 g/mol. The van der Waals surface area contributed by atoms with Crippen molar-refractivity contribution in [2.45, 2.75) is 25.0 Å². The number of benzene rings is 2. The fraction of sp³-hybridized carbons (Fsp3) is 0.238. The van der Waals surface area contributed by atoms with E-state index >= 15 is 0 Å². The van der Waals surface area contributed by atoms with Gasteiger partial charge in [0, 0.05) is 25.8 Å². The van der Waals surface area contributed by atoms with Gasteiger partial charge < -0.3 is 5.32 Å².